The van der Waals surface area contributed by atoms with Gasteiger partial charge in [-0.1, -0.05) is 12.1 Å². The van der Waals surface area contributed by atoms with Crippen LogP contribution in [0.4, 0.5) is 5.69 Å². The lowest BCUT2D eigenvalue weighted by Crippen LogP contribution is -2.47. The van der Waals surface area contributed by atoms with E-state index in [-0.39, 0.29) is 30.4 Å². The van der Waals surface area contributed by atoms with Gasteiger partial charge in [0.15, 0.2) is 9.84 Å². The molecule has 0 spiro atoms. The lowest BCUT2D eigenvalue weighted by atomic mass is 10.0. The Balaban J connectivity index is 1.80. The number of para-hydroxylation sites is 2. The minimum Gasteiger partial charge on any atom is -0.491 e. The number of carbonyl (C=O) groups is 1. The molecule has 3 N–H and O–H groups in total. The highest BCUT2D eigenvalue weighted by atomic mass is 32.2. The van der Waals surface area contributed by atoms with Gasteiger partial charge in [0, 0.05) is 0 Å². The van der Waals surface area contributed by atoms with Crippen molar-refractivity contribution in [1.82, 2.24) is 5.32 Å². The minimum absolute atomic E-state index is 0.00176. The van der Waals surface area contributed by atoms with Crippen molar-refractivity contribution in [3.63, 3.8) is 0 Å². The van der Waals surface area contributed by atoms with Crippen molar-refractivity contribution >= 4 is 21.4 Å². The zero-order valence-electron chi connectivity index (χ0n) is 12.0. The second-order valence-corrected chi connectivity index (χ2v) is 7.77. The first-order valence-corrected chi connectivity index (χ1v) is 8.61. The van der Waals surface area contributed by atoms with Gasteiger partial charge in [-0.25, -0.2) is 8.42 Å². The predicted molar refractivity (Wildman–Crippen MR) is 80.8 cm³/mol. The lowest BCUT2D eigenvalue weighted by molar-refractivity contribution is -0.123. The highest BCUT2D eigenvalue weighted by molar-refractivity contribution is 7.91. The Morgan fingerprint density at radius 3 is 2.76 bits per heavy atom. The zero-order chi connectivity index (χ0) is 15.5. The van der Waals surface area contributed by atoms with Crippen LogP contribution in [-0.4, -0.2) is 38.0 Å². The van der Waals surface area contributed by atoms with Gasteiger partial charge in [-0.05, 0) is 25.5 Å². The van der Waals surface area contributed by atoms with E-state index in [0.29, 0.717) is 17.9 Å². The number of amides is 1. The number of nitrogens with one attached hydrogen (secondary N) is 1. The Morgan fingerprint density at radius 2 is 2.14 bits per heavy atom. The van der Waals surface area contributed by atoms with Crippen LogP contribution in [-0.2, 0) is 14.6 Å². The maximum atomic E-state index is 11.9. The van der Waals surface area contributed by atoms with Gasteiger partial charge < -0.3 is 15.8 Å². The first-order chi connectivity index (χ1) is 9.80. The number of ether oxygens (including phenoxy) is 1. The van der Waals surface area contributed by atoms with E-state index in [1.807, 2.05) is 0 Å². The molecule has 0 aliphatic carbocycles. The molecule has 0 bridgehead atoms. The molecule has 1 aromatic rings. The normalized spacial score (nSPS) is 23.7. The van der Waals surface area contributed by atoms with Crippen molar-refractivity contribution in [2.45, 2.75) is 25.3 Å². The lowest BCUT2D eigenvalue weighted by Gasteiger charge is -2.23. The van der Waals surface area contributed by atoms with Crippen LogP contribution in [0.5, 0.6) is 5.75 Å². The fourth-order valence-corrected chi connectivity index (χ4v) is 4.47. The number of benzene rings is 1. The van der Waals surface area contributed by atoms with E-state index in [1.54, 1.807) is 31.2 Å². The molecule has 1 fully saturated rings. The summed E-state index contributed by atoms with van der Waals surface area (Å²) < 4.78 is 28.4. The molecule has 116 valence electrons. The number of hydrogen-bond donors (Lipinski definition) is 2. The van der Waals surface area contributed by atoms with Gasteiger partial charge in [-0.2, -0.15) is 0 Å². The SMILES string of the molecule is CC1(NC(=O)CCOc2ccccc2N)CCS(=O)(=O)C1. The van der Waals surface area contributed by atoms with Gasteiger partial charge >= 0.3 is 0 Å². The first kappa shape index (κ1) is 15.6. The summed E-state index contributed by atoms with van der Waals surface area (Å²) in [5.41, 5.74) is 5.58. The van der Waals surface area contributed by atoms with Crippen molar-refractivity contribution in [3.8, 4) is 5.75 Å². The molecular formula is C14H20N2O4S. The molecule has 2 rings (SSSR count). The molecule has 1 amide bonds. The highest BCUT2D eigenvalue weighted by Gasteiger charge is 2.39. The molecule has 0 aromatic heterocycles. The smallest absolute Gasteiger partial charge is 0.223 e. The monoisotopic (exact) mass is 312 g/mol. The topological polar surface area (TPSA) is 98.5 Å². The molecule has 21 heavy (non-hydrogen) atoms. The van der Waals surface area contributed by atoms with E-state index in [2.05, 4.69) is 5.32 Å². The summed E-state index contributed by atoms with van der Waals surface area (Å²) >= 11 is 0. The van der Waals surface area contributed by atoms with Gasteiger partial charge in [0.05, 0.1) is 35.8 Å². The van der Waals surface area contributed by atoms with E-state index in [9.17, 15) is 13.2 Å². The molecule has 0 radical (unpaired) electrons. The van der Waals surface area contributed by atoms with Crippen LogP contribution in [0.2, 0.25) is 0 Å². The minimum atomic E-state index is -3.03. The van der Waals surface area contributed by atoms with E-state index in [0.717, 1.165) is 0 Å². The van der Waals surface area contributed by atoms with Gasteiger partial charge in [0.25, 0.3) is 0 Å². The number of nitrogen functional groups attached to an aromatic ring is 1. The van der Waals surface area contributed by atoms with Crippen LogP contribution in [0.1, 0.15) is 19.8 Å². The molecule has 7 heteroatoms. The molecule has 1 aromatic carbocycles. The molecule has 1 aliphatic rings. The number of anilines is 1. The summed E-state index contributed by atoms with van der Waals surface area (Å²) in [7, 11) is -3.03. The molecular weight excluding hydrogens is 292 g/mol. The summed E-state index contributed by atoms with van der Waals surface area (Å²) in [6.45, 7) is 1.95. The Kier molecular flexibility index (Phi) is 4.41. The average molecular weight is 312 g/mol. The van der Waals surface area contributed by atoms with Crippen molar-refractivity contribution in [2.24, 2.45) is 0 Å². The van der Waals surface area contributed by atoms with Gasteiger partial charge in [0.2, 0.25) is 5.91 Å². The van der Waals surface area contributed by atoms with E-state index in [1.165, 1.54) is 0 Å². The van der Waals surface area contributed by atoms with Crippen molar-refractivity contribution in [2.75, 3.05) is 23.8 Å². The standard InChI is InChI=1S/C14H20N2O4S/c1-14(7-9-21(18,19)10-14)16-13(17)6-8-20-12-5-3-2-4-11(12)15/h2-5H,6-10,15H2,1H3,(H,16,17). The summed E-state index contributed by atoms with van der Waals surface area (Å²) in [6.07, 6.45) is 0.609. The molecule has 1 atom stereocenters. The Labute approximate surface area is 124 Å². The van der Waals surface area contributed by atoms with Gasteiger partial charge in [-0.15, -0.1) is 0 Å². The molecule has 0 saturated carbocycles. The summed E-state index contributed by atoms with van der Waals surface area (Å²) in [5, 5.41) is 2.78. The maximum absolute atomic E-state index is 11.9. The largest absolute Gasteiger partial charge is 0.491 e. The Bertz CT molecular complexity index is 630. The second kappa shape index (κ2) is 5.93. The zero-order valence-corrected chi connectivity index (χ0v) is 12.8. The third-order valence-corrected chi connectivity index (χ3v) is 5.35. The summed E-state index contributed by atoms with van der Waals surface area (Å²) in [5.74, 6) is 0.447. The summed E-state index contributed by atoms with van der Waals surface area (Å²) in [6, 6.07) is 7.06. The Morgan fingerprint density at radius 1 is 1.43 bits per heavy atom. The number of nitrogens with two attached hydrogens (primary N) is 1. The molecule has 1 aliphatic heterocycles. The number of rotatable bonds is 5. The Hall–Kier alpha value is -1.76. The number of carbonyl (C=O) groups excluding carboxylic acids is 1. The van der Waals surface area contributed by atoms with Crippen LogP contribution in [0.3, 0.4) is 0 Å². The predicted octanol–water partition coefficient (Wildman–Crippen LogP) is 0.731. The van der Waals surface area contributed by atoms with Crippen LogP contribution in [0.25, 0.3) is 0 Å². The fourth-order valence-electron chi connectivity index (χ4n) is 2.37. The van der Waals surface area contributed by atoms with E-state index in [4.69, 9.17) is 10.5 Å². The molecule has 1 heterocycles. The van der Waals surface area contributed by atoms with Crippen molar-refractivity contribution in [3.05, 3.63) is 24.3 Å². The third kappa shape index (κ3) is 4.35. The van der Waals surface area contributed by atoms with Crippen molar-refractivity contribution < 1.29 is 17.9 Å². The van der Waals surface area contributed by atoms with Crippen LogP contribution < -0.4 is 15.8 Å². The molecule has 6 nitrogen and oxygen atoms in total. The van der Waals surface area contributed by atoms with Crippen LogP contribution in [0, 0.1) is 0 Å². The third-order valence-electron chi connectivity index (χ3n) is 3.45. The van der Waals surface area contributed by atoms with E-state index >= 15 is 0 Å². The van der Waals surface area contributed by atoms with Crippen LogP contribution >= 0.6 is 0 Å². The molecule has 1 unspecified atom stereocenters. The second-order valence-electron chi connectivity index (χ2n) is 5.59. The highest BCUT2D eigenvalue weighted by Crippen LogP contribution is 2.23. The van der Waals surface area contributed by atoms with E-state index < -0.39 is 15.4 Å². The van der Waals surface area contributed by atoms with Crippen LogP contribution in [0.15, 0.2) is 24.3 Å². The average Bonchev–Trinajstić information content (AvgIpc) is 2.65. The van der Waals surface area contributed by atoms with Gasteiger partial charge in [-0.3, -0.25) is 4.79 Å². The van der Waals surface area contributed by atoms with Gasteiger partial charge in [0.1, 0.15) is 5.75 Å². The first-order valence-electron chi connectivity index (χ1n) is 6.78. The fraction of sp³-hybridized carbons (Fsp3) is 0.500. The maximum Gasteiger partial charge on any atom is 0.223 e. The van der Waals surface area contributed by atoms with Crippen molar-refractivity contribution in [1.29, 1.82) is 0 Å². The quantitative estimate of drug-likeness (QED) is 0.781. The summed E-state index contributed by atoms with van der Waals surface area (Å²) in [4.78, 5) is 11.9. The number of hydrogen-bond acceptors (Lipinski definition) is 5. The number of sulfone groups is 1. The molecule has 1 saturated heterocycles.